The van der Waals surface area contributed by atoms with E-state index in [0.29, 0.717) is 16.1 Å². The van der Waals surface area contributed by atoms with Gasteiger partial charge in [-0.25, -0.2) is 4.39 Å². The second kappa shape index (κ2) is 5.40. The number of furan rings is 1. The second-order valence-electron chi connectivity index (χ2n) is 3.96. The lowest BCUT2D eigenvalue weighted by Gasteiger charge is -2.12. The number of hydrogen-bond acceptors (Lipinski definition) is 4. The molecular weight excluding hydrogens is 319 g/mol. The highest BCUT2D eigenvalue weighted by Gasteiger charge is 2.14. The molecule has 0 amide bonds. The number of nitrogens with one attached hydrogen (secondary N) is 1. The topological polar surface area (TPSA) is 68.3 Å². The maximum absolute atomic E-state index is 13.3. The molecule has 0 radical (unpaired) electrons. The summed E-state index contributed by atoms with van der Waals surface area (Å²) in [6.07, 6.45) is 0. The summed E-state index contributed by atoms with van der Waals surface area (Å²) in [5.74, 6) is -0.0247. The van der Waals surface area contributed by atoms with Crippen molar-refractivity contribution in [1.29, 1.82) is 0 Å². The van der Waals surface area contributed by atoms with Crippen LogP contribution in [0, 0.1) is 15.9 Å². The summed E-state index contributed by atoms with van der Waals surface area (Å²) in [4.78, 5) is 10.0. The smallest absolute Gasteiger partial charge is 0.274 e. The number of anilines is 1. The second-order valence-corrected chi connectivity index (χ2v) is 4.74. The van der Waals surface area contributed by atoms with Crippen molar-refractivity contribution in [2.24, 2.45) is 0 Å². The van der Waals surface area contributed by atoms with E-state index in [4.69, 9.17) is 4.42 Å². The van der Waals surface area contributed by atoms with Gasteiger partial charge in [0.2, 0.25) is 0 Å². The molecule has 0 aliphatic rings. The molecule has 1 aromatic heterocycles. The molecule has 5 nitrogen and oxygen atoms in total. The predicted octanol–water partition coefficient (Wildman–Crippen LogP) is 4.26. The molecule has 0 saturated carbocycles. The summed E-state index contributed by atoms with van der Waals surface area (Å²) < 4.78 is 19.2. The van der Waals surface area contributed by atoms with Crippen LogP contribution in [0.25, 0.3) is 0 Å². The fourth-order valence-corrected chi connectivity index (χ4v) is 1.96. The van der Waals surface area contributed by atoms with Gasteiger partial charge in [-0.05, 0) is 41.1 Å². The Bertz CT molecular complexity index is 615. The van der Waals surface area contributed by atoms with E-state index >= 15 is 0 Å². The molecule has 1 unspecified atom stereocenters. The number of rotatable bonds is 4. The van der Waals surface area contributed by atoms with E-state index < -0.39 is 10.7 Å². The number of halogens is 2. The van der Waals surface area contributed by atoms with Crippen LogP contribution >= 0.6 is 15.9 Å². The first-order valence-corrected chi connectivity index (χ1v) is 6.22. The molecule has 0 aliphatic heterocycles. The van der Waals surface area contributed by atoms with E-state index in [0.717, 1.165) is 6.07 Å². The van der Waals surface area contributed by atoms with Gasteiger partial charge in [0.05, 0.1) is 17.0 Å². The molecule has 1 N–H and O–H groups in total. The van der Waals surface area contributed by atoms with Gasteiger partial charge in [0.1, 0.15) is 11.6 Å². The van der Waals surface area contributed by atoms with Crippen molar-refractivity contribution in [2.45, 2.75) is 13.0 Å². The molecule has 19 heavy (non-hydrogen) atoms. The summed E-state index contributed by atoms with van der Waals surface area (Å²) in [6.45, 7) is 1.81. The molecule has 1 atom stereocenters. The van der Waals surface area contributed by atoms with Crippen molar-refractivity contribution in [1.82, 2.24) is 0 Å². The van der Waals surface area contributed by atoms with Crippen LogP contribution in [0.3, 0.4) is 0 Å². The largest absolute Gasteiger partial charge is 0.452 e. The minimum absolute atomic E-state index is 0.243. The summed E-state index contributed by atoms with van der Waals surface area (Å²) in [6, 6.07) is 6.60. The minimum Gasteiger partial charge on any atom is -0.452 e. The first-order chi connectivity index (χ1) is 8.95. The Morgan fingerprint density at radius 1 is 1.42 bits per heavy atom. The van der Waals surface area contributed by atoms with Crippen LogP contribution in [0.1, 0.15) is 18.7 Å². The first-order valence-electron chi connectivity index (χ1n) is 5.42. The molecule has 1 aromatic carbocycles. The van der Waals surface area contributed by atoms with E-state index in [1.165, 1.54) is 12.1 Å². The van der Waals surface area contributed by atoms with Gasteiger partial charge in [0.25, 0.3) is 5.69 Å². The van der Waals surface area contributed by atoms with Gasteiger partial charge >= 0.3 is 0 Å². The van der Waals surface area contributed by atoms with Gasteiger partial charge in [-0.15, -0.1) is 0 Å². The zero-order valence-corrected chi connectivity index (χ0v) is 11.5. The molecule has 100 valence electrons. The average Bonchev–Trinajstić information content (AvgIpc) is 2.75. The number of nitro benzene ring substituents is 1. The standard InChI is InChI=1S/C12H10BrFN2O3/c1-7(11-2-3-12(13)19-11)15-9-4-8(14)5-10(6-9)16(17)18/h2-7,15H,1H3. The van der Waals surface area contributed by atoms with Crippen LogP contribution in [0.2, 0.25) is 0 Å². The Kier molecular flexibility index (Phi) is 3.84. The van der Waals surface area contributed by atoms with Crippen molar-refractivity contribution in [2.75, 3.05) is 5.32 Å². The SMILES string of the molecule is CC(Nc1cc(F)cc([N+](=O)[O-])c1)c1ccc(Br)o1. The zero-order chi connectivity index (χ0) is 14.0. The number of non-ortho nitro benzene ring substituents is 1. The van der Waals surface area contributed by atoms with Crippen LogP contribution in [0.5, 0.6) is 0 Å². The van der Waals surface area contributed by atoms with Gasteiger partial charge in [-0.1, -0.05) is 0 Å². The lowest BCUT2D eigenvalue weighted by atomic mass is 10.2. The van der Waals surface area contributed by atoms with Crippen molar-refractivity contribution in [3.05, 3.63) is 56.7 Å². The number of hydrogen-bond donors (Lipinski definition) is 1. The summed E-state index contributed by atoms with van der Waals surface area (Å²) in [5.41, 5.74) is 0.0297. The molecule has 1 heterocycles. The number of nitro groups is 1. The Morgan fingerprint density at radius 2 is 2.16 bits per heavy atom. The maximum atomic E-state index is 13.3. The average molecular weight is 329 g/mol. The Morgan fingerprint density at radius 3 is 2.74 bits per heavy atom. The van der Waals surface area contributed by atoms with Crippen molar-refractivity contribution >= 4 is 27.3 Å². The van der Waals surface area contributed by atoms with Crippen LogP contribution in [-0.4, -0.2) is 4.92 Å². The number of nitrogens with zero attached hydrogens (tertiary/aromatic N) is 1. The minimum atomic E-state index is -0.662. The molecular formula is C12H10BrFN2O3. The monoisotopic (exact) mass is 328 g/mol. The molecule has 0 fully saturated rings. The quantitative estimate of drug-likeness (QED) is 0.672. The van der Waals surface area contributed by atoms with Crippen molar-refractivity contribution in [3.8, 4) is 0 Å². The molecule has 2 rings (SSSR count). The van der Waals surface area contributed by atoms with E-state index in [2.05, 4.69) is 21.2 Å². The fraction of sp³-hybridized carbons (Fsp3) is 0.167. The van der Waals surface area contributed by atoms with Crippen LogP contribution in [0.15, 0.2) is 39.4 Å². The third kappa shape index (κ3) is 3.31. The van der Waals surface area contributed by atoms with Gasteiger partial charge in [0, 0.05) is 11.8 Å². The predicted molar refractivity (Wildman–Crippen MR) is 71.5 cm³/mol. The number of benzene rings is 1. The zero-order valence-electron chi connectivity index (χ0n) is 9.89. The van der Waals surface area contributed by atoms with Crippen molar-refractivity contribution < 1.29 is 13.7 Å². The van der Waals surface area contributed by atoms with Crippen LogP contribution < -0.4 is 5.32 Å². The van der Waals surface area contributed by atoms with Gasteiger partial charge in [0.15, 0.2) is 4.67 Å². The van der Waals surface area contributed by atoms with Gasteiger partial charge in [-0.2, -0.15) is 0 Å². The van der Waals surface area contributed by atoms with Gasteiger partial charge in [-0.3, -0.25) is 10.1 Å². The molecule has 0 aliphatic carbocycles. The highest BCUT2D eigenvalue weighted by atomic mass is 79.9. The summed E-state index contributed by atoms with van der Waals surface area (Å²) in [7, 11) is 0. The Balaban J connectivity index is 2.21. The maximum Gasteiger partial charge on any atom is 0.274 e. The molecule has 7 heteroatoms. The van der Waals surface area contributed by atoms with Crippen LogP contribution in [0.4, 0.5) is 15.8 Å². The Labute approximate surface area is 116 Å². The first kappa shape index (κ1) is 13.5. The van der Waals surface area contributed by atoms with E-state index in [1.807, 2.05) is 6.92 Å². The molecule has 0 saturated heterocycles. The lowest BCUT2D eigenvalue weighted by Crippen LogP contribution is -2.06. The van der Waals surface area contributed by atoms with E-state index in [9.17, 15) is 14.5 Å². The van der Waals surface area contributed by atoms with Crippen molar-refractivity contribution in [3.63, 3.8) is 0 Å². The summed E-state index contributed by atoms with van der Waals surface area (Å²) in [5, 5.41) is 13.6. The van der Waals surface area contributed by atoms with Crippen LogP contribution in [-0.2, 0) is 0 Å². The van der Waals surface area contributed by atoms with E-state index in [1.54, 1.807) is 12.1 Å². The Hall–Kier alpha value is -1.89. The molecule has 0 bridgehead atoms. The van der Waals surface area contributed by atoms with Gasteiger partial charge < -0.3 is 9.73 Å². The van der Waals surface area contributed by atoms with E-state index in [-0.39, 0.29) is 11.7 Å². The third-order valence-corrected chi connectivity index (χ3v) is 2.92. The molecule has 0 spiro atoms. The highest BCUT2D eigenvalue weighted by Crippen LogP contribution is 2.26. The fourth-order valence-electron chi connectivity index (χ4n) is 1.65. The summed E-state index contributed by atoms with van der Waals surface area (Å²) >= 11 is 3.18. The third-order valence-electron chi connectivity index (χ3n) is 2.50. The normalized spacial score (nSPS) is 12.2. The lowest BCUT2D eigenvalue weighted by molar-refractivity contribution is -0.385. The highest BCUT2D eigenvalue weighted by molar-refractivity contribution is 9.10. The molecule has 2 aromatic rings.